The Kier molecular flexibility index (Phi) is 8.24. The molecule has 0 aromatic heterocycles. The number of benzene rings is 1. The monoisotopic (exact) mass is 713 g/mol. The summed E-state index contributed by atoms with van der Waals surface area (Å²) in [6.45, 7) is -0.322. The number of carbonyl (C=O) groups excluding carboxylic acids is 2. The molecule has 1 amide bonds. The van der Waals surface area contributed by atoms with Gasteiger partial charge in [-0.15, -0.1) is 0 Å². The van der Waals surface area contributed by atoms with E-state index in [1.165, 1.54) is 11.0 Å². The minimum Gasteiger partial charge on any atom is -0.506 e. The zero-order valence-corrected chi connectivity index (χ0v) is 20.7. The Labute approximate surface area is 205 Å². The van der Waals surface area contributed by atoms with Gasteiger partial charge in [0.05, 0.1) is 15.1 Å². The summed E-state index contributed by atoms with van der Waals surface area (Å²) in [5.41, 5.74) is -0.0211. The van der Waals surface area contributed by atoms with E-state index < -0.39 is 45.4 Å². The Hall–Kier alpha value is -1.02. The van der Waals surface area contributed by atoms with Gasteiger partial charge in [0.2, 0.25) is 0 Å². The molecule has 1 aromatic rings. The number of halogens is 7. The predicted molar refractivity (Wildman–Crippen MR) is 115 cm³/mol. The van der Waals surface area contributed by atoms with Crippen LogP contribution in [0.15, 0.2) is 12.1 Å². The van der Waals surface area contributed by atoms with Gasteiger partial charge in [-0.2, -0.15) is 30.4 Å². The molecule has 1 fully saturated rings. The van der Waals surface area contributed by atoms with Crippen molar-refractivity contribution in [3.8, 4) is 5.75 Å². The molecular weight excluding hydrogens is 699 g/mol. The molecule has 0 aliphatic carbocycles. The lowest BCUT2D eigenvalue weighted by molar-refractivity contribution is -0.261. The normalized spacial score (nSPS) is 17.2. The molecule has 1 heterocycles. The van der Waals surface area contributed by atoms with Crippen molar-refractivity contribution in [2.75, 3.05) is 13.1 Å². The Morgan fingerprint density at radius 3 is 2.12 bits per heavy atom. The third-order valence-electron chi connectivity index (χ3n) is 4.55. The van der Waals surface area contributed by atoms with E-state index in [4.69, 9.17) is 4.55 Å². The maximum absolute atomic E-state index is 13.6. The van der Waals surface area contributed by atoms with Crippen LogP contribution in [-0.2, 0) is 19.6 Å². The summed E-state index contributed by atoms with van der Waals surface area (Å²) in [6, 6.07) is 3.04. The highest BCUT2D eigenvalue weighted by Crippen LogP contribution is 2.39. The molecule has 32 heavy (non-hydrogen) atoms. The van der Waals surface area contributed by atoms with Crippen LogP contribution in [0.1, 0.15) is 23.2 Å². The van der Waals surface area contributed by atoms with Gasteiger partial charge >= 0.3 is 27.5 Å². The van der Waals surface area contributed by atoms with Gasteiger partial charge in [0.1, 0.15) is 5.75 Å². The van der Waals surface area contributed by atoms with E-state index in [0.717, 1.165) is 0 Å². The summed E-state index contributed by atoms with van der Waals surface area (Å²) in [4.78, 5) is 25.9. The zero-order valence-electron chi connectivity index (χ0n) is 15.6. The molecule has 2 N–H and O–H groups in total. The van der Waals surface area contributed by atoms with Crippen molar-refractivity contribution in [2.45, 2.75) is 30.4 Å². The second kappa shape index (κ2) is 9.69. The summed E-state index contributed by atoms with van der Waals surface area (Å²) in [5.74, 6) is -3.94. The number of phenols is 1. The van der Waals surface area contributed by atoms with Crippen LogP contribution in [0.5, 0.6) is 5.75 Å². The molecular formula is C16H14F5I2NO7S. The van der Waals surface area contributed by atoms with Crippen LogP contribution in [0.4, 0.5) is 22.0 Å². The van der Waals surface area contributed by atoms with Crippen molar-refractivity contribution in [1.82, 2.24) is 4.90 Å². The van der Waals surface area contributed by atoms with Crippen molar-refractivity contribution in [1.29, 1.82) is 0 Å². The number of carbonyl (C=O) groups is 2. The van der Waals surface area contributed by atoms with Gasteiger partial charge < -0.3 is 14.7 Å². The molecule has 0 radical (unpaired) electrons. The molecule has 180 valence electrons. The molecule has 1 aliphatic rings. The highest BCUT2D eigenvalue weighted by Gasteiger charge is 2.66. The average Bonchev–Trinajstić information content (AvgIpc) is 2.66. The highest BCUT2D eigenvalue weighted by molar-refractivity contribution is 14.1. The first-order chi connectivity index (χ1) is 14.5. The fraction of sp³-hybridized carbons (Fsp3) is 0.500. The molecule has 1 aromatic carbocycles. The molecule has 8 nitrogen and oxygen atoms in total. The molecule has 1 aliphatic heterocycles. The smallest absolute Gasteiger partial charge is 0.432 e. The fourth-order valence-corrected chi connectivity index (χ4v) is 5.19. The first kappa shape index (κ1) is 27.2. The van der Waals surface area contributed by atoms with Crippen LogP contribution in [-0.4, -0.2) is 65.5 Å². The fourth-order valence-electron chi connectivity index (χ4n) is 2.89. The maximum atomic E-state index is 13.6. The third kappa shape index (κ3) is 5.91. The van der Waals surface area contributed by atoms with E-state index in [9.17, 15) is 45.1 Å². The summed E-state index contributed by atoms with van der Waals surface area (Å²) < 4.78 is 101. The number of alkyl halides is 5. The molecule has 1 unspecified atom stereocenters. The molecule has 0 bridgehead atoms. The lowest BCUT2D eigenvalue weighted by Gasteiger charge is -2.33. The summed E-state index contributed by atoms with van der Waals surface area (Å²) in [6.07, 6.45) is -10.9. The highest BCUT2D eigenvalue weighted by atomic mass is 127. The van der Waals surface area contributed by atoms with Gasteiger partial charge in [0.15, 0.2) is 0 Å². The van der Waals surface area contributed by atoms with Gasteiger partial charge in [-0.1, -0.05) is 0 Å². The largest absolute Gasteiger partial charge is 0.506 e. The van der Waals surface area contributed by atoms with Gasteiger partial charge in [-0.25, -0.2) is 0 Å². The maximum Gasteiger partial charge on any atom is 0.432 e. The second-order valence-electron chi connectivity index (χ2n) is 6.75. The summed E-state index contributed by atoms with van der Waals surface area (Å²) in [7, 11) is -6.53. The number of rotatable bonds is 5. The number of amides is 1. The van der Waals surface area contributed by atoms with Crippen LogP contribution in [0.2, 0.25) is 0 Å². The second-order valence-corrected chi connectivity index (χ2v) is 10.6. The van der Waals surface area contributed by atoms with Crippen molar-refractivity contribution >= 4 is 67.2 Å². The number of nitrogens with zero attached hydrogens (tertiary/aromatic N) is 1. The SMILES string of the molecule is O=C(OC(C(F)(F)F)C(F)(F)S(=O)(=O)O)C1CCN(C(=O)c2cc(I)cc(I)c2O)CC1. The number of phenolic OH excluding ortho intramolecular Hbond substituents is 1. The van der Waals surface area contributed by atoms with Crippen molar-refractivity contribution in [3.63, 3.8) is 0 Å². The van der Waals surface area contributed by atoms with Gasteiger partial charge in [0, 0.05) is 16.7 Å². The number of likely N-dealkylation sites (tertiary alicyclic amines) is 1. The minimum atomic E-state index is -6.53. The molecule has 1 atom stereocenters. The molecule has 0 saturated carbocycles. The van der Waals surface area contributed by atoms with E-state index in [1.807, 2.05) is 45.2 Å². The molecule has 0 spiro atoms. The first-order valence-electron chi connectivity index (χ1n) is 8.56. The van der Waals surface area contributed by atoms with Crippen LogP contribution >= 0.6 is 45.2 Å². The van der Waals surface area contributed by atoms with E-state index in [2.05, 4.69) is 4.74 Å². The number of aromatic hydroxyl groups is 1. The number of esters is 1. The lowest BCUT2D eigenvalue weighted by Crippen LogP contribution is -2.53. The van der Waals surface area contributed by atoms with Crippen molar-refractivity contribution in [2.24, 2.45) is 5.92 Å². The quantitative estimate of drug-likeness (QED) is 0.208. The first-order valence-corrected chi connectivity index (χ1v) is 12.2. The number of piperidine rings is 1. The van der Waals surface area contributed by atoms with Crippen LogP contribution in [0.25, 0.3) is 0 Å². The summed E-state index contributed by atoms with van der Waals surface area (Å²) >= 11 is 3.75. The average molecular weight is 713 g/mol. The van der Waals surface area contributed by atoms with E-state index in [0.29, 0.717) is 7.14 Å². The minimum absolute atomic E-state index is 0.0211. The van der Waals surface area contributed by atoms with Gasteiger partial charge in [-0.05, 0) is 70.2 Å². The van der Waals surface area contributed by atoms with Gasteiger partial charge in [0.25, 0.3) is 12.0 Å². The van der Waals surface area contributed by atoms with E-state index in [-0.39, 0.29) is 37.2 Å². The summed E-state index contributed by atoms with van der Waals surface area (Å²) in [5, 5.41) is 4.29. The van der Waals surface area contributed by atoms with Crippen molar-refractivity contribution in [3.05, 3.63) is 24.8 Å². The van der Waals surface area contributed by atoms with Crippen LogP contribution < -0.4 is 0 Å². The van der Waals surface area contributed by atoms with Crippen LogP contribution in [0.3, 0.4) is 0 Å². The Morgan fingerprint density at radius 2 is 1.66 bits per heavy atom. The Bertz CT molecular complexity index is 1010. The van der Waals surface area contributed by atoms with E-state index in [1.54, 1.807) is 6.07 Å². The Balaban J connectivity index is 2.11. The molecule has 1 saturated heterocycles. The predicted octanol–water partition coefficient (Wildman–Crippen LogP) is 3.41. The number of ether oxygens (including phenoxy) is 1. The van der Waals surface area contributed by atoms with Gasteiger partial charge in [-0.3, -0.25) is 14.1 Å². The third-order valence-corrected chi connectivity index (χ3v) is 6.90. The van der Waals surface area contributed by atoms with E-state index >= 15 is 0 Å². The van der Waals surface area contributed by atoms with Crippen molar-refractivity contribution < 1.29 is 54.4 Å². The molecule has 2 rings (SSSR count). The standard InChI is InChI=1S/C16H14F5I2NO7S/c17-15(18,19)14(16(20,21)32(28,29)30)31-13(27)7-1-3-24(4-2-7)12(26)9-5-8(22)6-10(23)11(9)25/h5-7,14,25H,1-4H2,(H,28,29,30). The zero-order chi connectivity index (χ0) is 24.6. The Morgan fingerprint density at radius 1 is 1.12 bits per heavy atom. The molecule has 16 heteroatoms. The van der Waals surface area contributed by atoms with Crippen LogP contribution in [0, 0.1) is 13.1 Å². The topological polar surface area (TPSA) is 121 Å². The number of hydrogen-bond donors (Lipinski definition) is 2. The number of hydrogen-bond acceptors (Lipinski definition) is 6. The lowest BCUT2D eigenvalue weighted by atomic mass is 9.96.